The van der Waals surface area contributed by atoms with E-state index in [1.807, 2.05) is 18.2 Å². The number of hydrogen-bond donors (Lipinski definition) is 4. The number of aryl methyl sites for hydroxylation is 2. The number of aromatic nitrogens is 3. The maximum Gasteiger partial charge on any atom is 0.260 e. The molecule has 3 heterocycles. The number of aliphatic hydroxyl groups excluding tert-OH is 3. The smallest absolute Gasteiger partial charge is 0.260 e. The standard InChI is InChI=1S/C19H19N3O5/c23-13(11-4-2-9-1-3-10(9)7-11)16-14(24)15(25)19(27-16)22-6-5-12-17(22)20-8-21-18(12)26/h2,4-8,13-16,19,23-25H,1,3H2,(H,20,21,26)/t13?,14-,15+,16+,19+/m0/s1. The Kier molecular flexibility index (Phi) is 3.70. The van der Waals surface area contributed by atoms with Crippen LogP contribution in [0.15, 0.2) is 41.6 Å². The summed E-state index contributed by atoms with van der Waals surface area (Å²) in [6.07, 6.45) is -0.722. The van der Waals surface area contributed by atoms with E-state index >= 15 is 0 Å². The lowest BCUT2D eigenvalue weighted by molar-refractivity contribution is -0.0848. The fraction of sp³-hybridized carbons (Fsp3) is 0.368. The Morgan fingerprint density at radius 2 is 2.00 bits per heavy atom. The second-order valence-corrected chi connectivity index (χ2v) is 7.14. The quantitative estimate of drug-likeness (QED) is 0.523. The summed E-state index contributed by atoms with van der Waals surface area (Å²) >= 11 is 0. The number of nitrogens with one attached hydrogen (secondary N) is 1. The third kappa shape index (κ3) is 2.45. The molecule has 140 valence electrons. The average Bonchev–Trinajstić information content (AvgIpc) is 3.19. The van der Waals surface area contributed by atoms with Gasteiger partial charge in [-0.3, -0.25) is 4.79 Å². The van der Waals surface area contributed by atoms with Crippen LogP contribution in [0, 0.1) is 0 Å². The zero-order valence-corrected chi connectivity index (χ0v) is 14.3. The topological polar surface area (TPSA) is 121 Å². The van der Waals surface area contributed by atoms with E-state index in [0.29, 0.717) is 16.6 Å². The summed E-state index contributed by atoms with van der Waals surface area (Å²) in [5.41, 5.74) is 3.15. The number of aliphatic hydroxyl groups is 3. The number of fused-ring (bicyclic) bond motifs is 2. The molecule has 0 radical (unpaired) electrons. The van der Waals surface area contributed by atoms with E-state index in [0.717, 1.165) is 12.8 Å². The fourth-order valence-corrected chi connectivity index (χ4v) is 3.95. The molecule has 2 aromatic heterocycles. The van der Waals surface area contributed by atoms with Crippen LogP contribution in [-0.4, -0.2) is 48.2 Å². The average molecular weight is 369 g/mol. The molecule has 1 fully saturated rings. The molecule has 1 aliphatic carbocycles. The van der Waals surface area contributed by atoms with Gasteiger partial charge in [0, 0.05) is 6.20 Å². The van der Waals surface area contributed by atoms with Crippen LogP contribution in [0.5, 0.6) is 0 Å². The molecule has 1 aliphatic heterocycles. The molecule has 1 unspecified atom stereocenters. The van der Waals surface area contributed by atoms with Crippen LogP contribution in [-0.2, 0) is 17.6 Å². The van der Waals surface area contributed by atoms with E-state index in [1.165, 1.54) is 22.0 Å². The molecule has 27 heavy (non-hydrogen) atoms. The summed E-state index contributed by atoms with van der Waals surface area (Å²) in [6.45, 7) is 0. The third-order valence-corrected chi connectivity index (χ3v) is 5.61. The zero-order valence-electron chi connectivity index (χ0n) is 14.3. The summed E-state index contributed by atoms with van der Waals surface area (Å²) in [5.74, 6) is 0. The van der Waals surface area contributed by atoms with Gasteiger partial charge in [0.15, 0.2) is 6.23 Å². The minimum absolute atomic E-state index is 0.301. The van der Waals surface area contributed by atoms with Crippen molar-refractivity contribution in [2.45, 2.75) is 43.5 Å². The van der Waals surface area contributed by atoms with Gasteiger partial charge in [0.25, 0.3) is 5.56 Å². The van der Waals surface area contributed by atoms with E-state index in [-0.39, 0.29) is 5.56 Å². The Bertz CT molecular complexity index is 1070. The Labute approximate surface area is 153 Å². The van der Waals surface area contributed by atoms with Crippen LogP contribution in [0.25, 0.3) is 11.0 Å². The molecule has 1 aromatic carbocycles. The first kappa shape index (κ1) is 16.6. The minimum atomic E-state index is -1.28. The lowest BCUT2D eigenvalue weighted by atomic mass is 9.85. The summed E-state index contributed by atoms with van der Waals surface area (Å²) in [7, 11) is 0. The van der Waals surface area contributed by atoms with Gasteiger partial charge in [-0.1, -0.05) is 18.2 Å². The van der Waals surface area contributed by atoms with Gasteiger partial charge in [-0.25, -0.2) is 4.98 Å². The molecule has 4 N–H and O–H groups in total. The molecule has 5 atom stereocenters. The van der Waals surface area contributed by atoms with E-state index < -0.39 is 30.6 Å². The molecular formula is C19H19N3O5. The summed E-state index contributed by atoms with van der Waals surface area (Å²) in [4.78, 5) is 18.5. The second-order valence-electron chi connectivity index (χ2n) is 7.14. The Balaban J connectivity index is 1.47. The lowest BCUT2D eigenvalue weighted by Crippen LogP contribution is -2.35. The SMILES string of the molecule is O=c1[nH]cnc2c1ccn2[C@@H]1O[C@H](C(O)c2ccc3c(c2)CC3)[C@@H](O)[C@H]1O. The second kappa shape index (κ2) is 6.00. The maximum absolute atomic E-state index is 11.9. The normalized spacial score (nSPS) is 28.1. The predicted octanol–water partition coefficient (Wildman–Crippen LogP) is 0.176. The van der Waals surface area contributed by atoms with Crippen molar-refractivity contribution >= 4 is 11.0 Å². The van der Waals surface area contributed by atoms with Crippen molar-refractivity contribution in [3.05, 3.63) is 63.8 Å². The largest absolute Gasteiger partial charge is 0.387 e. The number of ether oxygens (including phenoxy) is 1. The first-order valence-electron chi connectivity index (χ1n) is 8.90. The number of H-pyrrole nitrogens is 1. The molecule has 3 aromatic rings. The molecular weight excluding hydrogens is 350 g/mol. The Morgan fingerprint density at radius 3 is 2.74 bits per heavy atom. The molecule has 5 rings (SSSR count). The van der Waals surface area contributed by atoms with Crippen LogP contribution in [0.2, 0.25) is 0 Å². The van der Waals surface area contributed by atoms with Crippen molar-refractivity contribution < 1.29 is 20.1 Å². The summed E-state index contributed by atoms with van der Waals surface area (Å²) < 4.78 is 7.35. The first-order valence-corrected chi connectivity index (χ1v) is 8.90. The monoisotopic (exact) mass is 369 g/mol. The highest BCUT2D eigenvalue weighted by molar-refractivity contribution is 5.74. The van der Waals surface area contributed by atoms with Crippen molar-refractivity contribution in [1.82, 2.24) is 14.5 Å². The summed E-state index contributed by atoms with van der Waals surface area (Å²) in [5, 5.41) is 32.1. The van der Waals surface area contributed by atoms with Crippen molar-refractivity contribution in [2.24, 2.45) is 0 Å². The Morgan fingerprint density at radius 1 is 1.19 bits per heavy atom. The zero-order chi connectivity index (χ0) is 18.7. The van der Waals surface area contributed by atoms with Crippen molar-refractivity contribution in [3.63, 3.8) is 0 Å². The van der Waals surface area contributed by atoms with Gasteiger partial charge in [-0.05, 0) is 35.6 Å². The van der Waals surface area contributed by atoms with E-state index in [1.54, 1.807) is 12.3 Å². The highest BCUT2D eigenvalue weighted by Crippen LogP contribution is 2.38. The van der Waals surface area contributed by atoms with Gasteiger partial charge >= 0.3 is 0 Å². The van der Waals surface area contributed by atoms with Crippen LogP contribution in [0.4, 0.5) is 0 Å². The van der Waals surface area contributed by atoms with Gasteiger partial charge in [0.1, 0.15) is 30.1 Å². The van der Waals surface area contributed by atoms with E-state index in [4.69, 9.17) is 4.74 Å². The van der Waals surface area contributed by atoms with Gasteiger partial charge in [0.05, 0.1) is 11.7 Å². The predicted molar refractivity (Wildman–Crippen MR) is 95.1 cm³/mol. The minimum Gasteiger partial charge on any atom is -0.387 e. The molecule has 1 saturated heterocycles. The number of hydrogen-bond acceptors (Lipinski definition) is 6. The van der Waals surface area contributed by atoms with Gasteiger partial charge in [0.2, 0.25) is 0 Å². The number of aromatic amines is 1. The first-order chi connectivity index (χ1) is 13.0. The van der Waals surface area contributed by atoms with E-state index in [9.17, 15) is 20.1 Å². The summed E-state index contributed by atoms with van der Waals surface area (Å²) in [6, 6.07) is 7.29. The molecule has 0 spiro atoms. The number of benzene rings is 1. The van der Waals surface area contributed by atoms with Crippen molar-refractivity contribution in [2.75, 3.05) is 0 Å². The van der Waals surface area contributed by atoms with Crippen molar-refractivity contribution in [1.29, 1.82) is 0 Å². The maximum atomic E-state index is 11.9. The van der Waals surface area contributed by atoms with Crippen LogP contribution in [0.3, 0.4) is 0 Å². The number of rotatable bonds is 3. The van der Waals surface area contributed by atoms with Crippen molar-refractivity contribution in [3.8, 4) is 0 Å². The molecule has 8 heteroatoms. The van der Waals surface area contributed by atoms with E-state index in [2.05, 4.69) is 9.97 Å². The molecule has 8 nitrogen and oxygen atoms in total. The van der Waals surface area contributed by atoms with Gasteiger partial charge < -0.3 is 29.6 Å². The lowest BCUT2D eigenvalue weighted by Gasteiger charge is -2.25. The van der Waals surface area contributed by atoms with Crippen LogP contribution >= 0.6 is 0 Å². The highest BCUT2D eigenvalue weighted by atomic mass is 16.6. The molecule has 0 saturated carbocycles. The fourth-order valence-electron chi connectivity index (χ4n) is 3.95. The Hall–Kier alpha value is -2.52. The number of nitrogens with zero attached hydrogens (tertiary/aromatic N) is 2. The van der Waals surface area contributed by atoms with Crippen LogP contribution in [0.1, 0.15) is 29.0 Å². The third-order valence-electron chi connectivity index (χ3n) is 5.61. The van der Waals surface area contributed by atoms with Gasteiger partial charge in [-0.2, -0.15) is 0 Å². The highest BCUT2D eigenvalue weighted by Gasteiger charge is 2.47. The van der Waals surface area contributed by atoms with Gasteiger partial charge in [-0.15, -0.1) is 0 Å². The van der Waals surface area contributed by atoms with Crippen LogP contribution < -0.4 is 5.56 Å². The molecule has 2 aliphatic rings. The molecule has 0 bridgehead atoms. The molecule has 0 amide bonds.